The average Bonchev–Trinajstić information content (AvgIpc) is 2.79. The normalized spacial score (nSPS) is 12.1. The van der Waals surface area contributed by atoms with Crippen LogP contribution in [0.2, 0.25) is 0 Å². The number of furan rings is 1. The van der Waals surface area contributed by atoms with Gasteiger partial charge in [0.2, 0.25) is 0 Å². The van der Waals surface area contributed by atoms with E-state index in [1.807, 2.05) is 24.3 Å². The maximum absolute atomic E-state index is 10.7. The molecule has 0 radical (unpaired) electrons. The molecule has 1 heterocycles. The highest BCUT2D eigenvalue weighted by Gasteiger charge is 2.00. The Morgan fingerprint density at radius 1 is 1.12 bits per heavy atom. The van der Waals surface area contributed by atoms with Gasteiger partial charge < -0.3 is 4.42 Å². The van der Waals surface area contributed by atoms with Gasteiger partial charge in [0.1, 0.15) is 5.76 Å². The second kappa shape index (κ2) is 4.77. The van der Waals surface area contributed by atoms with Crippen molar-refractivity contribution >= 4 is 25.8 Å². The Kier molecular flexibility index (Phi) is 3.36. The van der Waals surface area contributed by atoms with E-state index < -0.39 is 9.05 Å². The third kappa shape index (κ3) is 3.47. The number of benzene rings is 1. The maximum Gasteiger partial charge on any atom is 0.254 e. The van der Waals surface area contributed by atoms with Crippen LogP contribution in [0.25, 0.3) is 17.4 Å². The molecule has 0 unspecified atom stereocenters. The first kappa shape index (κ1) is 12.0. The van der Waals surface area contributed by atoms with Gasteiger partial charge in [-0.25, -0.2) is 8.42 Å². The van der Waals surface area contributed by atoms with Gasteiger partial charge in [0, 0.05) is 21.7 Å². The van der Waals surface area contributed by atoms with E-state index in [0.717, 1.165) is 22.3 Å². The summed E-state index contributed by atoms with van der Waals surface area (Å²) in [6.45, 7) is 0. The van der Waals surface area contributed by atoms with E-state index in [1.54, 1.807) is 18.4 Å². The van der Waals surface area contributed by atoms with Crippen molar-refractivity contribution in [1.82, 2.24) is 0 Å². The highest BCUT2D eigenvalue weighted by Crippen LogP contribution is 2.20. The summed E-state index contributed by atoms with van der Waals surface area (Å²) in [6.07, 6.45) is 3.04. The van der Waals surface area contributed by atoms with Crippen LogP contribution in [0.15, 0.2) is 52.5 Å². The van der Waals surface area contributed by atoms with Gasteiger partial charge in [-0.3, -0.25) is 0 Å². The number of rotatable bonds is 3. The molecule has 0 spiro atoms. The molecule has 0 aliphatic rings. The summed E-state index contributed by atoms with van der Waals surface area (Å²) in [6, 6.07) is 10.9. The van der Waals surface area contributed by atoms with Crippen molar-refractivity contribution in [2.75, 3.05) is 0 Å². The zero-order valence-electron chi connectivity index (χ0n) is 8.71. The van der Waals surface area contributed by atoms with Crippen LogP contribution in [0.1, 0.15) is 5.56 Å². The summed E-state index contributed by atoms with van der Waals surface area (Å²) in [5.41, 5.74) is 1.69. The molecule has 17 heavy (non-hydrogen) atoms. The monoisotopic (exact) mass is 268 g/mol. The van der Waals surface area contributed by atoms with Gasteiger partial charge >= 0.3 is 0 Å². The topological polar surface area (TPSA) is 47.3 Å². The van der Waals surface area contributed by atoms with E-state index in [0.29, 0.717) is 0 Å². The van der Waals surface area contributed by atoms with Gasteiger partial charge in [-0.1, -0.05) is 24.3 Å². The van der Waals surface area contributed by atoms with Crippen molar-refractivity contribution in [2.24, 2.45) is 0 Å². The van der Waals surface area contributed by atoms with E-state index in [2.05, 4.69) is 0 Å². The minimum Gasteiger partial charge on any atom is -0.464 e. The summed E-state index contributed by atoms with van der Waals surface area (Å²) < 4.78 is 26.7. The molecular formula is C12H9ClO3S. The van der Waals surface area contributed by atoms with Crippen molar-refractivity contribution in [3.63, 3.8) is 0 Å². The SMILES string of the molecule is O=S(=O)(Cl)C=Cc1ccc(-c2ccco2)cc1. The van der Waals surface area contributed by atoms with Gasteiger partial charge in [-0.2, -0.15) is 0 Å². The van der Waals surface area contributed by atoms with Crippen molar-refractivity contribution < 1.29 is 12.8 Å². The highest BCUT2D eigenvalue weighted by atomic mass is 35.7. The fourth-order valence-corrected chi connectivity index (χ4v) is 1.84. The van der Waals surface area contributed by atoms with Crippen LogP contribution in [0.5, 0.6) is 0 Å². The second-order valence-corrected chi connectivity index (χ2v) is 5.89. The Labute approximate surface area is 104 Å². The Morgan fingerprint density at radius 3 is 2.35 bits per heavy atom. The Bertz CT molecular complexity index is 610. The molecule has 2 aromatic rings. The predicted octanol–water partition coefficient (Wildman–Crippen LogP) is 3.49. The van der Waals surface area contributed by atoms with Crippen LogP contribution in [-0.4, -0.2) is 8.42 Å². The van der Waals surface area contributed by atoms with Gasteiger partial charge in [-0.05, 0) is 23.8 Å². The van der Waals surface area contributed by atoms with E-state index in [-0.39, 0.29) is 0 Å². The van der Waals surface area contributed by atoms with E-state index >= 15 is 0 Å². The Balaban J connectivity index is 2.22. The lowest BCUT2D eigenvalue weighted by atomic mass is 10.1. The smallest absolute Gasteiger partial charge is 0.254 e. The molecule has 0 bridgehead atoms. The van der Waals surface area contributed by atoms with Crippen LogP contribution >= 0.6 is 10.7 Å². The fraction of sp³-hybridized carbons (Fsp3) is 0. The molecule has 0 N–H and O–H groups in total. The predicted molar refractivity (Wildman–Crippen MR) is 68.0 cm³/mol. The molecule has 0 fully saturated rings. The molecule has 0 saturated carbocycles. The first-order chi connectivity index (χ1) is 8.04. The molecule has 0 amide bonds. The molecule has 0 saturated heterocycles. The Hall–Kier alpha value is -1.52. The van der Waals surface area contributed by atoms with Gasteiger partial charge in [0.15, 0.2) is 0 Å². The molecule has 0 aliphatic heterocycles. The van der Waals surface area contributed by atoms with E-state index in [1.165, 1.54) is 6.08 Å². The minimum atomic E-state index is -3.60. The number of hydrogen-bond donors (Lipinski definition) is 0. The number of hydrogen-bond acceptors (Lipinski definition) is 3. The molecule has 1 aromatic heterocycles. The molecule has 88 valence electrons. The number of halogens is 1. The zero-order chi connectivity index (χ0) is 12.3. The third-order valence-corrected chi connectivity index (χ3v) is 2.91. The lowest BCUT2D eigenvalue weighted by molar-refractivity contribution is 0.582. The van der Waals surface area contributed by atoms with Crippen molar-refractivity contribution in [3.05, 3.63) is 53.6 Å². The lowest BCUT2D eigenvalue weighted by Gasteiger charge is -1.97. The van der Waals surface area contributed by atoms with Crippen LogP contribution < -0.4 is 0 Å². The summed E-state index contributed by atoms with van der Waals surface area (Å²) >= 11 is 0. The molecular weight excluding hydrogens is 260 g/mol. The molecule has 3 nitrogen and oxygen atoms in total. The van der Waals surface area contributed by atoms with Crippen LogP contribution in [0.3, 0.4) is 0 Å². The van der Waals surface area contributed by atoms with Gasteiger partial charge in [0.05, 0.1) is 6.26 Å². The maximum atomic E-state index is 10.7. The summed E-state index contributed by atoms with van der Waals surface area (Å²) in [7, 11) is 1.46. The summed E-state index contributed by atoms with van der Waals surface area (Å²) in [4.78, 5) is 0. The van der Waals surface area contributed by atoms with Crippen LogP contribution in [0, 0.1) is 0 Å². The second-order valence-electron chi connectivity index (χ2n) is 3.38. The molecule has 5 heteroatoms. The summed E-state index contributed by atoms with van der Waals surface area (Å²) in [5.74, 6) is 0.769. The first-order valence-electron chi connectivity index (χ1n) is 4.81. The van der Waals surface area contributed by atoms with Crippen molar-refractivity contribution in [2.45, 2.75) is 0 Å². The standard InChI is InChI=1S/C12H9ClO3S/c13-17(14,15)9-7-10-3-5-11(6-4-10)12-2-1-8-16-12/h1-9H. The lowest BCUT2D eigenvalue weighted by Crippen LogP contribution is -1.80. The quantitative estimate of drug-likeness (QED) is 0.801. The molecule has 0 atom stereocenters. The van der Waals surface area contributed by atoms with Crippen molar-refractivity contribution in [1.29, 1.82) is 0 Å². The molecule has 0 aliphatic carbocycles. The zero-order valence-corrected chi connectivity index (χ0v) is 10.3. The van der Waals surface area contributed by atoms with E-state index in [9.17, 15) is 8.42 Å². The van der Waals surface area contributed by atoms with E-state index in [4.69, 9.17) is 15.1 Å². The fourth-order valence-electron chi connectivity index (χ4n) is 1.36. The van der Waals surface area contributed by atoms with Gasteiger partial charge in [-0.15, -0.1) is 0 Å². The third-order valence-electron chi connectivity index (χ3n) is 2.14. The summed E-state index contributed by atoms with van der Waals surface area (Å²) in [5, 5.41) is 0.955. The molecule has 2 rings (SSSR count). The highest BCUT2D eigenvalue weighted by molar-refractivity contribution is 8.16. The first-order valence-corrected chi connectivity index (χ1v) is 7.18. The van der Waals surface area contributed by atoms with Gasteiger partial charge in [0.25, 0.3) is 9.05 Å². The van der Waals surface area contributed by atoms with Crippen LogP contribution in [-0.2, 0) is 9.05 Å². The minimum absolute atomic E-state index is 0.754. The Morgan fingerprint density at radius 2 is 1.82 bits per heavy atom. The molecule has 1 aromatic carbocycles. The van der Waals surface area contributed by atoms with Crippen LogP contribution in [0.4, 0.5) is 0 Å². The largest absolute Gasteiger partial charge is 0.464 e. The van der Waals surface area contributed by atoms with Crippen molar-refractivity contribution in [3.8, 4) is 11.3 Å². The average molecular weight is 269 g/mol.